The smallest absolute Gasteiger partial charge is 0.341 e. The first kappa shape index (κ1) is 28.2. The number of esters is 1. The van der Waals surface area contributed by atoms with Gasteiger partial charge in [0.1, 0.15) is 5.00 Å². The zero-order valence-electron chi connectivity index (χ0n) is 22.1. The summed E-state index contributed by atoms with van der Waals surface area (Å²) in [6, 6.07) is 17.4. The Balaban J connectivity index is 1.26. The molecule has 8 nitrogen and oxygen atoms in total. The van der Waals surface area contributed by atoms with E-state index in [2.05, 4.69) is 20.8 Å². The zero-order valence-corrected chi connectivity index (χ0v) is 24.5. The Labute approximate surface area is 246 Å². The summed E-state index contributed by atoms with van der Waals surface area (Å²) in [4.78, 5) is 26.8. The number of nitrogens with zero attached hydrogens (tertiary/aromatic N) is 3. The second-order valence-corrected chi connectivity index (χ2v) is 11.8. The normalized spacial score (nSPS) is 12.6. The summed E-state index contributed by atoms with van der Waals surface area (Å²) in [5.74, 6) is 0.743. The summed E-state index contributed by atoms with van der Waals surface area (Å²) in [6.45, 7) is 2.55. The molecule has 11 heteroatoms. The molecule has 0 saturated carbocycles. The van der Waals surface area contributed by atoms with Crippen molar-refractivity contribution in [3.63, 3.8) is 0 Å². The molecule has 2 aromatic carbocycles. The molecule has 40 heavy (non-hydrogen) atoms. The van der Waals surface area contributed by atoms with E-state index in [9.17, 15) is 9.59 Å². The van der Waals surface area contributed by atoms with E-state index < -0.39 is 0 Å². The average molecular weight is 596 g/mol. The average Bonchev–Trinajstić information content (AvgIpc) is 3.54. The maximum Gasteiger partial charge on any atom is 0.341 e. The van der Waals surface area contributed by atoms with Crippen LogP contribution in [0.5, 0.6) is 0 Å². The Hall–Kier alpha value is -3.34. The largest absolute Gasteiger partial charge is 0.462 e. The highest BCUT2D eigenvalue weighted by Crippen LogP contribution is 2.38. The third-order valence-corrected chi connectivity index (χ3v) is 8.86. The van der Waals surface area contributed by atoms with Gasteiger partial charge in [0.2, 0.25) is 5.91 Å². The highest BCUT2D eigenvalue weighted by Gasteiger charge is 2.27. The van der Waals surface area contributed by atoms with Crippen LogP contribution >= 0.6 is 34.7 Å². The molecule has 0 saturated heterocycles. The molecular weight excluding hydrogens is 566 g/mol. The number of carbonyl (C=O) groups excluding carboxylic acids is 2. The molecule has 0 unspecified atom stereocenters. The number of thioether (sulfide) groups is 1. The van der Waals surface area contributed by atoms with Crippen LogP contribution in [0.4, 0.5) is 10.7 Å². The molecule has 2 heterocycles. The van der Waals surface area contributed by atoms with Crippen LogP contribution in [0.25, 0.3) is 5.69 Å². The van der Waals surface area contributed by atoms with Crippen molar-refractivity contribution in [1.82, 2.24) is 14.8 Å². The Kier molecular flexibility index (Phi) is 9.41. The number of carbonyl (C=O) groups is 2. The number of benzene rings is 2. The highest BCUT2D eigenvalue weighted by atomic mass is 35.5. The molecule has 0 fully saturated rings. The lowest BCUT2D eigenvalue weighted by molar-refractivity contribution is -0.115. The molecule has 0 bridgehead atoms. The first-order valence-electron chi connectivity index (χ1n) is 13.3. The number of rotatable bonds is 11. The molecule has 208 valence electrons. The van der Waals surface area contributed by atoms with E-state index in [1.807, 2.05) is 59.2 Å². The molecule has 5 rings (SSSR count). The first-order chi connectivity index (χ1) is 19.5. The minimum Gasteiger partial charge on any atom is -0.462 e. The van der Waals surface area contributed by atoms with E-state index in [4.69, 9.17) is 16.3 Å². The molecule has 4 aromatic rings. The topological polar surface area (TPSA) is 98.1 Å². The van der Waals surface area contributed by atoms with Crippen LogP contribution < -0.4 is 10.6 Å². The van der Waals surface area contributed by atoms with Crippen molar-refractivity contribution in [2.45, 2.75) is 50.7 Å². The van der Waals surface area contributed by atoms with Gasteiger partial charge in [-0.2, -0.15) is 0 Å². The zero-order chi connectivity index (χ0) is 27.9. The van der Waals surface area contributed by atoms with Crippen molar-refractivity contribution in [1.29, 1.82) is 0 Å². The predicted octanol–water partition coefficient (Wildman–Crippen LogP) is 6.77. The first-order valence-corrected chi connectivity index (χ1v) is 15.4. The lowest BCUT2D eigenvalue weighted by Gasteiger charge is -2.12. The van der Waals surface area contributed by atoms with Crippen molar-refractivity contribution in [2.24, 2.45) is 0 Å². The molecule has 0 atom stereocenters. The molecule has 0 radical (unpaired) electrons. The molecule has 0 spiro atoms. The highest BCUT2D eigenvalue weighted by molar-refractivity contribution is 7.99. The van der Waals surface area contributed by atoms with Crippen LogP contribution in [0, 0.1) is 0 Å². The van der Waals surface area contributed by atoms with Gasteiger partial charge >= 0.3 is 5.97 Å². The van der Waals surface area contributed by atoms with Crippen LogP contribution in [0.1, 0.15) is 52.8 Å². The summed E-state index contributed by atoms with van der Waals surface area (Å²) in [6.07, 6.45) is 4.17. The van der Waals surface area contributed by atoms with E-state index >= 15 is 0 Å². The summed E-state index contributed by atoms with van der Waals surface area (Å²) in [5, 5.41) is 17.2. The number of nitrogens with one attached hydrogen (secondary N) is 2. The lowest BCUT2D eigenvalue weighted by Crippen LogP contribution is -2.16. The van der Waals surface area contributed by atoms with Crippen LogP contribution in [0.15, 0.2) is 59.8 Å². The van der Waals surface area contributed by atoms with Crippen molar-refractivity contribution < 1.29 is 14.3 Å². The molecular formula is C29H30ClN5O3S2. The number of amides is 1. The monoisotopic (exact) mass is 595 g/mol. The van der Waals surface area contributed by atoms with Crippen molar-refractivity contribution >= 4 is 57.3 Å². The fourth-order valence-corrected chi connectivity index (χ4v) is 6.92. The number of aryl methyl sites for hydroxylation is 1. The van der Waals surface area contributed by atoms with E-state index in [1.165, 1.54) is 28.0 Å². The molecule has 2 aromatic heterocycles. The molecule has 2 N–H and O–H groups in total. The number of ether oxygens (including phenoxy) is 1. The Bertz CT molecular complexity index is 1470. The van der Waals surface area contributed by atoms with Crippen LogP contribution in [0.2, 0.25) is 5.02 Å². The molecule has 0 aliphatic heterocycles. The Morgan fingerprint density at radius 1 is 1.07 bits per heavy atom. The standard InChI is InChI=1S/C29H30ClN5O3S2/c1-2-38-28(37)26-22-10-6-7-11-23(22)40-27(26)32-25(36)16-17-39-29-34-33-24(35(29)21-8-4-3-5-9-21)18-31-20-14-12-19(30)13-15-20/h3-5,8-9,12-15,31H,2,6-7,10-11,16-18H2,1H3,(H,32,36). The lowest BCUT2D eigenvalue weighted by atomic mass is 9.95. The van der Waals surface area contributed by atoms with E-state index in [-0.39, 0.29) is 18.3 Å². The number of para-hydroxylation sites is 1. The van der Waals surface area contributed by atoms with Crippen LogP contribution in [0.3, 0.4) is 0 Å². The van der Waals surface area contributed by atoms with Gasteiger partial charge in [-0.25, -0.2) is 4.79 Å². The Morgan fingerprint density at radius 3 is 2.62 bits per heavy atom. The number of anilines is 2. The van der Waals surface area contributed by atoms with Gasteiger partial charge in [-0.1, -0.05) is 41.6 Å². The van der Waals surface area contributed by atoms with Crippen molar-refractivity contribution in [3.05, 3.63) is 81.4 Å². The second-order valence-electron chi connectivity index (χ2n) is 9.21. The summed E-state index contributed by atoms with van der Waals surface area (Å²) in [5.41, 5.74) is 3.44. The summed E-state index contributed by atoms with van der Waals surface area (Å²) < 4.78 is 7.31. The fraction of sp³-hybridized carbons (Fsp3) is 0.310. The molecule has 1 aliphatic carbocycles. The molecule has 1 aliphatic rings. The fourth-order valence-electron chi connectivity index (χ4n) is 4.59. The maximum absolute atomic E-state index is 13.0. The summed E-state index contributed by atoms with van der Waals surface area (Å²) in [7, 11) is 0. The van der Waals surface area contributed by atoms with Gasteiger partial charge in [0.05, 0.1) is 18.7 Å². The number of fused-ring (bicyclic) bond motifs is 1. The second kappa shape index (κ2) is 13.3. The third kappa shape index (κ3) is 6.68. The number of hydrogen-bond acceptors (Lipinski definition) is 8. The number of aromatic nitrogens is 3. The van der Waals surface area contributed by atoms with Gasteiger partial charge in [0.25, 0.3) is 0 Å². The minimum absolute atomic E-state index is 0.146. The quantitative estimate of drug-likeness (QED) is 0.146. The van der Waals surface area contributed by atoms with Gasteiger partial charge in [-0.05, 0) is 74.6 Å². The van der Waals surface area contributed by atoms with E-state index in [0.717, 1.165) is 48.4 Å². The predicted molar refractivity (Wildman–Crippen MR) is 161 cm³/mol. The van der Waals surface area contributed by atoms with Gasteiger partial charge < -0.3 is 15.4 Å². The van der Waals surface area contributed by atoms with Crippen LogP contribution in [-0.2, 0) is 28.9 Å². The van der Waals surface area contributed by atoms with Gasteiger partial charge in [-0.3, -0.25) is 9.36 Å². The Morgan fingerprint density at radius 2 is 1.85 bits per heavy atom. The van der Waals surface area contributed by atoms with Gasteiger partial charge in [-0.15, -0.1) is 21.5 Å². The summed E-state index contributed by atoms with van der Waals surface area (Å²) >= 11 is 8.97. The maximum atomic E-state index is 13.0. The number of hydrogen-bond donors (Lipinski definition) is 2. The van der Waals surface area contributed by atoms with Gasteiger partial charge in [0.15, 0.2) is 11.0 Å². The van der Waals surface area contributed by atoms with Crippen molar-refractivity contribution in [2.75, 3.05) is 23.0 Å². The van der Waals surface area contributed by atoms with E-state index in [1.54, 1.807) is 6.92 Å². The minimum atomic E-state index is -0.359. The van der Waals surface area contributed by atoms with Crippen LogP contribution in [-0.4, -0.2) is 39.0 Å². The van der Waals surface area contributed by atoms with Gasteiger partial charge in [0, 0.05) is 33.4 Å². The molecule has 1 amide bonds. The third-order valence-electron chi connectivity index (χ3n) is 6.47. The van der Waals surface area contributed by atoms with Crippen molar-refractivity contribution in [3.8, 4) is 5.69 Å². The SMILES string of the molecule is CCOC(=O)c1c(NC(=O)CCSc2nnc(CNc3ccc(Cl)cc3)n2-c2ccccc2)sc2c1CCCC2. The van der Waals surface area contributed by atoms with E-state index in [0.29, 0.717) is 39.6 Å². The number of thiophene rings is 1. The number of halogens is 1.